The van der Waals surface area contributed by atoms with Crippen LogP contribution in [0.5, 0.6) is 0 Å². The van der Waals surface area contributed by atoms with E-state index < -0.39 is 8.32 Å². The van der Waals surface area contributed by atoms with Gasteiger partial charge in [0.2, 0.25) is 0 Å². The first-order valence-corrected chi connectivity index (χ1v) is 15.7. The number of carbonyl (C=O) groups excluding carboxylic acids is 1. The topological polar surface area (TPSA) is 35.5 Å². The monoisotopic (exact) mass is 446 g/mol. The van der Waals surface area contributed by atoms with Crippen LogP contribution in [0.3, 0.4) is 0 Å². The molecule has 0 unspecified atom stereocenters. The highest BCUT2D eigenvalue weighted by molar-refractivity contribution is 6.74. The molecule has 3 nitrogen and oxygen atoms in total. The van der Waals surface area contributed by atoms with Gasteiger partial charge in [-0.25, -0.2) is 0 Å². The molecule has 0 aromatic carbocycles. The lowest BCUT2D eigenvalue weighted by molar-refractivity contribution is -0.156. The van der Waals surface area contributed by atoms with Gasteiger partial charge >= 0.3 is 5.97 Å². The second-order valence-corrected chi connectivity index (χ2v) is 18.0. The molecule has 4 heteroatoms. The number of fused-ring (bicyclic) bond motifs is 5. The minimum absolute atomic E-state index is 0.105. The Morgan fingerprint density at radius 3 is 2.42 bits per heavy atom. The molecule has 3 saturated carbocycles. The van der Waals surface area contributed by atoms with E-state index in [0.717, 1.165) is 24.7 Å². The van der Waals surface area contributed by atoms with Gasteiger partial charge in [-0.05, 0) is 92.7 Å². The van der Waals surface area contributed by atoms with E-state index in [9.17, 15) is 4.79 Å². The summed E-state index contributed by atoms with van der Waals surface area (Å²) >= 11 is 0. The lowest BCUT2D eigenvalue weighted by Gasteiger charge is -2.58. The Morgan fingerprint density at radius 2 is 1.77 bits per heavy atom. The van der Waals surface area contributed by atoms with Crippen LogP contribution < -0.4 is 0 Å². The third-order valence-electron chi connectivity index (χ3n) is 10.5. The minimum Gasteiger partial charge on any atom is -0.462 e. The van der Waals surface area contributed by atoms with Crippen molar-refractivity contribution in [2.75, 3.05) is 0 Å². The molecule has 0 amide bonds. The second kappa shape index (κ2) is 7.72. The molecule has 4 rings (SSSR count). The summed E-state index contributed by atoms with van der Waals surface area (Å²) in [5.41, 5.74) is 2.22. The lowest BCUT2D eigenvalue weighted by Crippen LogP contribution is -2.52. The molecule has 7 atom stereocenters. The standard InChI is InChI=1S/C27H46O3Si/c1-18(28)29-24-12-11-22-21-10-9-19-17-20(30-31(7,8)25(2,3)4)13-15-26(19,5)23(21)14-16-27(22,24)6/h9,20-24H,10-17H2,1-8H3/t20-,21-,22-,23-,24-,26-,27-/m0/s1. The molecule has 31 heavy (non-hydrogen) atoms. The molecule has 4 aliphatic rings. The van der Waals surface area contributed by atoms with Crippen LogP contribution in [-0.2, 0) is 14.0 Å². The maximum atomic E-state index is 11.7. The van der Waals surface area contributed by atoms with Crippen molar-refractivity contribution in [3.63, 3.8) is 0 Å². The van der Waals surface area contributed by atoms with E-state index in [0.29, 0.717) is 17.4 Å². The Balaban J connectivity index is 1.51. The molecule has 176 valence electrons. The lowest BCUT2D eigenvalue weighted by atomic mass is 9.48. The Labute approximate surface area is 191 Å². The fourth-order valence-electron chi connectivity index (χ4n) is 7.67. The third kappa shape index (κ3) is 3.88. The van der Waals surface area contributed by atoms with E-state index >= 15 is 0 Å². The van der Waals surface area contributed by atoms with Crippen molar-refractivity contribution in [3.8, 4) is 0 Å². The van der Waals surface area contributed by atoms with Gasteiger partial charge in [-0.15, -0.1) is 0 Å². The Bertz CT molecular complexity index is 750. The molecule has 0 radical (unpaired) electrons. The van der Waals surface area contributed by atoms with Crippen molar-refractivity contribution in [2.45, 2.75) is 123 Å². The van der Waals surface area contributed by atoms with Crippen LogP contribution in [-0.4, -0.2) is 26.5 Å². The highest BCUT2D eigenvalue weighted by atomic mass is 28.4. The zero-order chi connectivity index (χ0) is 22.8. The first-order chi connectivity index (χ1) is 14.3. The van der Waals surface area contributed by atoms with Crippen LogP contribution in [0, 0.1) is 28.6 Å². The summed E-state index contributed by atoms with van der Waals surface area (Å²) in [5.74, 6) is 2.14. The van der Waals surface area contributed by atoms with Crippen molar-refractivity contribution >= 4 is 14.3 Å². The van der Waals surface area contributed by atoms with E-state index in [1.807, 2.05) is 0 Å². The van der Waals surface area contributed by atoms with Gasteiger partial charge in [-0.3, -0.25) is 4.79 Å². The number of rotatable bonds is 3. The summed E-state index contributed by atoms with van der Waals surface area (Å²) < 4.78 is 12.7. The van der Waals surface area contributed by atoms with E-state index in [-0.39, 0.29) is 22.5 Å². The average Bonchev–Trinajstić information content (AvgIpc) is 2.97. The molecule has 3 fully saturated rings. The number of hydrogen-bond acceptors (Lipinski definition) is 3. The van der Waals surface area contributed by atoms with E-state index in [1.54, 1.807) is 12.5 Å². The SMILES string of the molecule is CC(=O)O[C@H]1CC[C@H]2[C@@H]3CC=C4C[C@@H](O[Si](C)(C)C(C)(C)C)CC[C@]4(C)[C@H]3CC[C@]12C. The molecule has 0 aromatic rings. The molecule has 0 heterocycles. The fraction of sp³-hybridized carbons (Fsp3) is 0.889. The van der Waals surface area contributed by atoms with Gasteiger partial charge in [-0.1, -0.05) is 46.3 Å². The van der Waals surface area contributed by atoms with Crippen molar-refractivity contribution in [2.24, 2.45) is 28.6 Å². The van der Waals surface area contributed by atoms with Gasteiger partial charge in [0.05, 0.1) is 0 Å². The molecule has 0 spiro atoms. The van der Waals surface area contributed by atoms with Crippen LogP contribution in [0.1, 0.15) is 92.9 Å². The molecule has 0 aliphatic heterocycles. The van der Waals surface area contributed by atoms with Crippen LogP contribution in [0.25, 0.3) is 0 Å². The maximum absolute atomic E-state index is 11.7. The van der Waals surface area contributed by atoms with Gasteiger partial charge < -0.3 is 9.16 Å². The predicted octanol–water partition coefficient (Wildman–Crippen LogP) is 7.27. The summed E-state index contributed by atoms with van der Waals surface area (Å²) in [6, 6.07) is 0. The molecule has 4 aliphatic carbocycles. The normalized spacial score (nSPS) is 42.8. The quantitative estimate of drug-likeness (QED) is 0.260. The number of allylic oxidation sites excluding steroid dienone is 1. The minimum atomic E-state index is -1.73. The highest BCUT2D eigenvalue weighted by Gasteiger charge is 2.59. The van der Waals surface area contributed by atoms with E-state index in [4.69, 9.17) is 9.16 Å². The largest absolute Gasteiger partial charge is 0.462 e. The molecule has 0 bridgehead atoms. The first kappa shape index (κ1) is 23.5. The molecule has 0 N–H and O–H groups in total. The number of ether oxygens (including phenoxy) is 1. The van der Waals surface area contributed by atoms with Gasteiger partial charge in [-0.2, -0.15) is 0 Å². The molecule has 0 saturated heterocycles. The van der Waals surface area contributed by atoms with Gasteiger partial charge in [0.1, 0.15) is 6.10 Å². The smallest absolute Gasteiger partial charge is 0.302 e. The Hall–Kier alpha value is -0.613. The van der Waals surface area contributed by atoms with Crippen LogP contribution in [0.15, 0.2) is 11.6 Å². The van der Waals surface area contributed by atoms with Crippen molar-refractivity contribution in [3.05, 3.63) is 11.6 Å². The number of esters is 1. The highest BCUT2D eigenvalue weighted by Crippen LogP contribution is 2.65. The zero-order valence-corrected chi connectivity index (χ0v) is 22.3. The van der Waals surface area contributed by atoms with Crippen molar-refractivity contribution in [1.29, 1.82) is 0 Å². The van der Waals surface area contributed by atoms with Crippen molar-refractivity contribution < 1.29 is 14.0 Å². The Morgan fingerprint density at radius 1 is 1.06 bits per heavy atom. The van der Waals surface area contributed by atoms with Gasteiger partial charge in [0.15, 0.2) is 8.32 Å². The fourth-order valence-corrected chi connectivity index (χ4v) is 9.06. The maximum Gasteiger partial charge on any atom is 0.302 e. The van der Waals surface area contributed by atoms with Crippen LogP contribution >= 0.6 is 0 Å². The zero-order valence-electron chi connectivity index (χ0n) is 21.3. The van der Waals surface area contributed by atoms with Crippen LogP contribution in [0.2, 0.25) is 18.1 Å². The number of hydrogen-bond donors (Lipinski definition) is 0. The molecular weight excluding hydrogens is 400 g/mol. The van der Waals surface area contributed by atoms with Crippen molar-refractivity contribution in [1.82, 2.24) is 0 Å². The average molecular weight is 447 g/mol. The summed E-state index contributed by atoms with van der Waals surface area (Å²) in [4.78, 5) is 11.7. The number of carbonyl (C=O) groups is 1. The molecular formula is C27H46O3Si. The third-order valence-corrected chi connectivity index (χ3v) is 15.1. The van der Waals surface area contributed by atoms with Gasteiger partial charge in [0.25, 0.3) is 0 Å². The van der Waals surface area contributed by atoms with Crippen LogP contribution in [0.4, 0.5) is 0 Å². The van der Waals surface area contributed by atoms with Gasteiger partial charge in [0, 0.05) is 18.4 Å². The summed E-state index contributed by atoms with van der Waals surface area (Å²) in [6.45, 7) is 18.4. The first-order valence-electron chi connectivity index (χ1n) is 12.8. The second-order valence-electron chi connectivity index (χ2n) is 13.2. The summed E-state index contributed by atoms with van der Waals surface area (Å²) in [6.07, 6.45) is 12.8. The Kier molecular flexibility index (Phi) is 5.86. The summed E-state index contributed by atoms with van der Waals surface area (Å²) in [7, 11) is -1.73. The van der Waals surface area contributed by atoms with E-state index in [1.165, 1.54) is 38.5 Å². The van der Waals surface area contributed by atoms with E-state index in [2.05, 4.69) is 53.8 Å². The summed E-state index contributed by atoms with van der Waals surface area (Å²) in [5, 5.41) is 0.272. The molecule has 0 aromatic heterocycles. The predicted molar refractivity (Wildman–Crippen MR) is 129 cm³/mol.